The molecule has 0 aliphatic rings. The molecule has 1 amide bonds. The molecule has 0 fully saturated rings. The molecule has 0 saturated heterocycles. The summed E-state index contributed by atoms with van der Waals surface area (Å²) in [4.78, 5) is 17.0. The molecule has 2 heterocycles. The predicted octanol–water partition coefficient (Wildman–Crippen LogP) is 3.54. The van der Waals surface area contributed by atoms with Gasteiger partial charge in [0, 0.05) is 29.0 Å². The lowest BCUT2D eigenvalue weighted by Gasteiger charge is -2.10. The lowest BCUT2D eigenvalue weighted by Crippen LogP contribution is -2.28. The topological polar surface area (TPSA) is 69.0 Å². The van der Waals surface area contributed by atoms with Gasteiger partial charge in [0.15, 0.2) is 0 Å². The number of fused-ring (bicyclic) bond motifs is 1. The lowest BCUT2D eigenvalue weighted by molar-refractivity contribution is 0.0947. The molecule has 4 aromatic rings. The number of nitrogens with zero attached hydrogens (tertiary/aromatic N) is 3. The molecular formula is C22H20N4O2. The molecule has 0 spiro atoms. The standard InChI is InChI=1S/C22H20N4O2/c1-16-9-10-17-5-3-8-20(21(17)25-16)28-14-12-23-22(27)18-6-2-7-19(15-18)26-13-4-11-24-26/h2-11,13,15H,12,14H2,1H3,(H,23,27). The average Bonchev–Trinajstić information content (AvgIpc) is 3.26. The van der Waals surface area contributed by atoms with E-state index in [1.807, 2.05) is 61.7 Å². The molecule has 2 aromatic carbocycles. The summed E-state index contributed by atoms with van der Waals surface area (Å²) in [5.74, 6) is 0.570. The number of benzene rings is 2. The van der Waals surface area contributed by atoms with Gasteiger partial charge in [0.1, 0.15) is 17.9 Å². The largest absolute Gasteiger partial charge is 0.489 e. The minimum Gasteiger partial charge on any atom is -0.489 e. The number of ether oxygens (including phenoxy) is 1. The van der Waals surface area contributed by atoms with Crippen molar-refractivity contribution in [3.8, 4) is 11.4 Å². The van der Waals surface area contributed by atoms with Crippen LogP contribution < -0.4 is 10.1 Å². The summed E-state index contributed by atoms with van der Waals surface area (Å²) in [6.07, 6.45) is 3.54. The zero-order valence-electron chi connectivity index (χ0n) is 15.5. The smallest absolute Gasteiger partial charge is 0.251 e. The molecule has 0 unspecified atom stereocenters. The minimum absolute atomic E-state index is 0.149. The molecular weight excluding hydrogens is 352 g/mol. The first kappa shape index (κ1) is 17.7. The number of carbonyl (C=O) groups is 1. The van der Waals surface area contributed by atoms with Crippen LogP contribution in [0.3, 0.4) is 0 Å². The Morgan fingerprint density at radius 1 is 1.11 bits per heavy atom. The summed E-state index contributed by atoms with van der Waals surface area (Å²) < 4.78 is 7.57. The molecule has 0 radical (unpaired) electrons. The zero-order valence-corrected chi connectivity index (χ0v) is 15.5. The highest BCUT2D eigenvalue weighted by molar-refractivity contribution is 5.94. The van der Waals surface area contributed by atoms with Crippen molar-refractivity contribution in [2.24, 2.45) is 0 Å². The highest BCUT2D eigenvalue weighted by Gasteiger charge is 2.08. The quantitative estimate of drug-likeness (QED) is 0.526. The first-order valence-electron chi connectivity index (χ1n) is 9.08. The number of aryl methyl sites for hydroxylation is 1. The van der Waals surface area contributed by atoms with Crippen LogP contribution in [0, 0.1) is 6.92 Å². The summed E-state index contributed by atoms with van der Waals surface area (Å²) >= 11 is 0. The summed E-state index contributed by atoms with van der Waals surface area (Å²) in [5, 5.41) is 8.10. The van der Waals surface area contributed by atoms with Gasteiger partial charge in [-0.15, -0.1) is 0 Å². The molecule has 0 atom stereocenters. The highest BCUT2D eigenvalue weighted by Crippen LogP contribution is 2.23. The van der Waals surface area contributed by atoms with E-state index in [0.29, 0.717) is 18.7 Å². The van der Waals surface area contributed by atoms with E-state index >= 15 is 0 Å². The fourth-order valence-electron chi connectivity index (χ4n) is 2.97. The molecule has 1 N–H and O–H groups in total. The maximum atomic E-state index is 12.4. The Morgan fingerprint density at radius 3 is 2.86 bits per heavy atom. The van der Waals surface area contributed by atoms with E-state index in [1.54, 1.807) is 23.0 Å². The van der Waals surface area contributed by atoms with Crippen LogP contribution in [0.4, 0.5) is 0 Å². The van der Waals surface area contributed by atoms with Crippen molar-refractivity contribution < 1.29 is 9.53 Å². The number of para-hydroxylation sites is 1. The van der Waals surface area contributed by atoms with Gasteiger partial charge in [-0.3, -0.25) is 4.79 Å². The summed E-state index contributed by atoms with van der Waals surface area (Å²) in [6, 6.07) is 19.0. The van der Waals surface area contributed by atoms with E-state index in [9.17, 15) is 4.79 Å². The van der Waals surface area contributed by atoms with Crippen molar-refractivity contribution in [2.45, 2.75) is 6.92 Å². The number of rotatable bonds is 6. The predicted molar refractivity (Wildman–Crippen MR) is 108 cm³/mol. The van der Waals surface area contributed by atoms with Crippen LogP contribution >= 0.6 is 0 Å². The number of hydrogen-bond donors (Lipinski definition) is 1. The summed E-state index contributed by atoms with van der Waals surface area (Å²) in [7, 11) is 0. The third-order valence-electron chi connectivity index (χ3n) is 4.34. The van der Waals surface area contributed by atoms with Gasteiger partial charge in [-0.1, -0.05) is 24.3 Å². The third-order valence-corrected chi connectivity index (χ3v) is 4.34. The molecule has 0 bridgehead atoms. The van der Waals surface area contributed by atoms with E-state index in [0.717, 1.165) is 28.0 Å². The van der Waals surface area contributed by atoms with E-state index in [4.69, 9.17) is 4.74 Å². The molecule has 6 heteroatoms. The van der Waals surface area contributed by atoms with Gasteiger partial charge < -0.3 is 10.1 Å². The van der Waals surface area contributed by atoms with Crippen molar-refractivity contribution in [2.75, 3.05) is 13.2 Å². The Bertz CT molecular complexity index is 1110. The van der Waals surface area contributed by atoms with Crippen LogP contribution in [0.25, 0.3) is 16.6 Å². The molecule has 0 aliphatic carbocycles. The Balaban J connectivity index is 1.37. The van der Waals surface area contributed by atoms with Gasteiger partial charge in [0.2, 0.25) is 0 Å². The second-order valence-electron chi connectivity index (χ2n) is 6.39. The first-order valence-corrected chi connectivity index (χ1v) is 9.08. The van der Waals surface area contributed by atoms with Crippen molar-refractivity contribution in [3.05, 3.63) is 84.3 Å². The fourth-order valence-corrected chi connectivity index (χ4v) is 2.97. The molecule has 0 saturated carbocycles. The Hall–Kier alpha value is -3.67. The fraction of sp³-hybridized carbons (Fsp3) is 0.136. The van der Waals surface area contributed by atoms with E-state index in [1.165, 1.54) is 0 Å². The second kappa shape index (κ2) is 7.92. The van der Waals surface area contributed by atoms with Crippen molar-refractivity contribution in [1.29, 1.82) is 0 Å². The Kier molecular flexibility index (Phi) is 5.01. The normalized spacial score (nSPS) is 10.8. The molecule has 2 aromatic heterocycles. The van der Waals surface area contributed by atoms with Crippen molar-refractivity contribution >= 4 is 16.8 Å². The number of aromatic nitrogens is 3. The second-order valence-corrected chi connectivity index (χ2v) is 6.39. The number of hydrogen-bond acceptors (Lipinski definition) is 4. The SMILES string of the molecule is Cc1ccc2cccc(OCCNC(=O)c3cccc(-n4cccn4)c3)c2n1. The van der Waals surface area contributed by atoms with E-state index in [-0.39, 0.29) is 5.91 Å². The third kappa shape index (κ3) is 3.86. The van der Waals surface area contributed by atoms with Gasteiger partial charge in [-0.05, 0) is 43.3 Å². The van der Waals surface area contributed by atoms with Crippen LogP contribution in [0.2, 0.25) is 0 Å². The van der Waals surface area contributed by atoms with E-state index in [2.05, 4.69) is 15.4 Å². The number of carbonyl (C=O) groups excluding carboxylic acids is 1. The average molecular weight is 372 g/mol. The monoisotopic (exact) mass is 372 g/mol. The first-order chi connectivity index (χ1) is 13.7. The summed E-state index contributed by atoms with van der Waals surface area (Å²) in [5.41, 5.74) is 3.19. The van der Waals surface area contributed by atoms with Crippen LogP contribution in [0.1, 0.15) is 16.1 Å². The molecule has 140 valence electrons. The number of pyridine rings is 1. The summed E-state index contributed by atoms with van der Waals surface area (Å²) in [6.45, 7) is 2.71. The molecule has 28 heavy (non-hydrogen) atoms. The Morgan fingerprint density at radius 2 is 2.00 bits per heavy atom. The van der Waals surface area contributed by atoms with Crippen LogP contribution in [-0.4, -0.2) is 33.8 Å². The molecule has 0 aliphatic heterocycles. The van der Waals surface area contributed by atoms with Crippen LogP contribution in [0.15, 0.2) is 73.1 Å². The van der Waals surface area contributed by atoms with Crippen molar-refractivity contribution in [3.63, 3.8) is 0 Å². The van der Waals surface area contributed by atoms with Crippen LogP contribution in [-0.2, 0) is 0 Å². The Labute approximate surface area is 162 Å². The van der Waals surface area contributed by atoms with Gasteiger partial charge in [0.25, 0.3) is 5.91 Å². The maximum absolute atomic E-state index is 12.4. The van der Waals surface area contributed by atoms with Gasteiger partial charge >= 0.3 is 0 Å². The van der Waals surface area contributed by atoms with E-state index < -0.39 is 0 Å². The van der Waals surface area contributed by atoms with Crippen LogP contribution in [0.5, 0.6) is 5.75 Å². The number of nitrogens with one attached hydrogen (secondary N) is 1. The van der Waals surface area contributed by atoms with Crippen molar-refractivity contribution in [1.82, 2.24) is 20.1 Å². The van der Waals surface area contributed by atoms with Gasteiger partial charge in [-0.25, -0.2) is 9.67 Å². The molecule has 6 nitrogen and oxygen atoms in total. The lowest BCUT2D eigenvalue weighted by atomic mass is 10.2. The molecule has 4 rings (SSSR count). The maximum Gasteiger partial charge on any atom is 0.251 e. The highest BCUT2D eigenvalue weighted by atomic mass is 16.5. The van der Waals surface area contributed by atoms with Gasteiger partial charge in [-0.2, -0.15) is 5.10 Å². The zero-order chi connectivity index (χ0) is 19.3. The number of amides is 1. The van der Waals surface area contributed by atoms with Gasteiger partial charge in [0.05, 0.1) is 12.2 Å². The minimum atomic E-state index is -0.149.